The van der Waals surface area contributed by atoms with E-state index in [1.165, 1.54) is 24.1 Å². The maximum Gasteiger partial charge on any atom is -1.00 e. The Balaban J connectivity index is 0.00000120. The van der Waals surface area contributed by atoms with Gasteiger partial charge in [0.05, 0.1) is 0 Å². The topological polar surface area (TPSA) is 3.88 Å². The number of hydrogen-bond donors (Lipinski definition) is 0. The van der Waals surface area contributed by atoms with Crippen molar-refractivity contribution < 1.29 is 28.5 Å². The third kappa shape index (κ3) is 2.44. The van der Waals surface area contributed by atoms with E-state index in [2.05, 4.69) is 54.8 Å². The molecule has 94 valence electrons. The van der Waals surface area contributed by atoms with Gasteiger partial charge >= 0.3 is 111 Å². The van der Waals surface area contributed by atoms with Crippen molar-refractivity contribution in [3.05, 3.63) is 40.8 Å². The molecule has 0 atom stereocenters. The fourth-order valence-electron chi connectivity index (χ4n) is 2.08. The van der Waals surface area contributed by atoms with Crippen LogP contribution < -0.4 is 28.5 Å². The molecular formula is C14H14INSSe. The van der Waals surface area contributed by atoms with Gasteiger partial charge in [0.2, 0.25) is 0 Å². The van der Waals surface area contributed by atoms with Crippen LogP contribution in [0.2, 0.25) is 0 Å². The first-order valence-corrected chi connectivity index (χ1v) is 8.30. The van der Waals surface area contributed by atoms with E-state index < -0.39 is 0 Å². The van der Waals surface area contributed by atoms with Crippen molar-refractivity contribution in [3.63, 3.8) is 0 Å². The molecule has 1 nitrogen and oxygen atoms in total. The molecule has 0 bridgehead atoms. The molecule has 0 unspecified atom stereocenters. The van der Waals surface area contributed by atoms with Gasteiger partial charge in [0, 0.05) is 0 Å². The standard InChI is InChI=1S/C14H14NSSe.HI/c1-3-15-11-6-4-5-7-12(11)16-14(15)13-9-8-10(2)17-13;/h4-9H,3H2,1-2H3;1H/q+1;/p-1. The van der Waals surface area contributed by atoms with E-state index in [9.17, 15) is 0 Å². The zero-order chi connectivity index (χ0) is 11.8. The summed E-state index contributed by atoms with van der Waals surface area (Å²) >= 11 is 2.45. The smallest absolute Gasteiger partial charge is 1.00 e. The second-order valence-corrected chi connectivity index (χ2v) is 7.76. The van der Waals surface area contributed by atoms with Crippen LogP contribution in [-0.2, 0) is 6.54 Å². The molecule has 3 aromatic rings. The number of halogens is 1. The Labute approximate surface area is 134 Å². The number of aryl methyl sites for hydroxylation is 2. The van der Waals surface area contributed by atoms with Gasteiger partial charge in [0.25, 0.3) is 0 Å². The molecule has 2 heterocycles. The minimum atomic E-state index is 0. The molecule has 0 saturated carbocycles. The van der Waals surface area contributed by atoms with Crippen LogP contribution in [0, 0.1) is 6.92 Å². The van der Waals surface area contributed by atoms with Gasteiger partial charge in [-0.25, -0.2) is 0 Å². The molecule has 0 amide bonds. The summed E-state index contributed by atoms with van der Waals surface area (Å²) in [6.45, 7) is 5.50. The van der Waals surface area contributed by atoms with Gasteiger partial charge in [-0.1, -0.05) is 0 Å². The Kier molecular flexibility index (Phi) is 4.64. The van der Waals surface area contributed by atoms with Crippen LogP contribution in [0.5, 0.6) is 0 Å². The zero-order valence-electron chi connectivity index (χ0n) is 10.3. The second-order valence-electron chi connectivity index (χ2n) is 4.03. The van der Waals surface area contributed by atoms with Crippen LogP contribution in [0.15, 0.2) is 36.4 Å². The summed E-state index contributed by atoms with van der Waals surface area (Å²) in [7, 11) is 0. The molecule has 0 radical (unpaired) electrons. The van der Waals surface area contributed by atoms with Crippen LogP contribution in [0.3, 0.4) is 0 Å². The largest absolute Gasteiger partial charge is 1.00 e. The van der Waals surface area contributed by atoms with Gasteiger partial charge < -0.3 is 24.0 Å². The van der Waals surface area contributed by atoms with E-state index in [1.807, 2.05) is 11.3 Å². The number of thiazole rings is 1. The summed E-state index contributed by atoms with van der Waals surface area (Å²) in [6, 6.07) is 13.3. The van der Waals surface area contributed by atoms with Gasteiger partial charge in [0.15, 0.2) is 0 Å². The molecule has 18 heavy (non-hydrogen) atoms. The number of fused-ring (bicyclic) bond motifs is 1. The summed E-state index contributed by atoms with van der Waals surface area (Å²) in [4.78, 5) is 0. The molecule has 0 spiro atoms. The Hall–Kier alpha value is -0.161. The van der Waals surface area contributed by atoms with E-state index in [4.69, 9.17) is 0 Å². The van der Waals surface area contributed by atoms with Crippen molar-refractivity contribution in [2.75, 3.05) is 0 Å². The van der Waals surface area contributed by atoms with Crippen LogP contribution in [0.4, 0.5) is 0 Å². The maximum absolute atomic E-state index is 2.44. The van der Waals surface area contributed by atoms with Crippen LogP contribution in [0.25, 0.3) is 19.7 Å². The first kappa shape index (κ1) is 14.3. The Morgan fingerprint density at radius 3 is 2.61 bits per heavy atom. The first-order valence-electron chi connectivity index (χ1n) is 5.78. The van der Waals surface area contributed by atoms with Gasteiger partial charge in [-0.05, 0) is 0 Å². The summed E-state index contributed by atoms with van der Waals surface area (Å²) in [5.41, 5.74) is 1.37. The van der Waals surface area contributed by atoms with Crippen LogP contribution in [-0.4, -0.2) is 14.5 Å². The van der Waals surface area contributed by atoms with Gasteiger partial charge in [-0.3, -0.25) is 0 Å². The minimum absolute atomic E-state index is 0. The molecule has 3 rings (SSSR count). The van der Waals surface area contributed by atoms with Crippen LogP contribution >= 0.6 is 11.3 Å². The van der Waals surface area contributed by atoms with Crippen molar-refractivity contribution >= 4 is 36.1 Å². The summed E-state index contributed by atoms with van der Waals surface area (Å²) in [5, 5.41) is 1.45. The monoisotopic (exact) mass is 435 g/mol. The van der Waals surface area contributed by atoms with Crippen molar-refractivity contribution in [1.29, 1.82) is 0 Å². The molecule has 1 aromatic carbocycles. The van der Waals surface area contributed by atoms with Gasteiger partial charge in [-0.2, -0.15) is 0 Å². The molecule has 2 aromatic heterocycles. The molecular weight excluding hydrogens is 420 g/mol. The third-order valence-corrected chi connectivity index (χ3v) is 6.48. The average Bonchev–Trinajstić information content (AvgIpc) is 2.91. The molecule has 0 aliphatic rings. The van der Waals surface area contributed by atoms with E-state index >= 15 is 0 Å². The predicted octanol–water partition coefficient (Wildman–Crippen LogP) is 0.245. The summed E-state index contributed by atoms with van der Waals surface area (Å²) < 4.78 is 6.89. The number of nitrogens with zero attached hydrogens (tertiary/aromatic N) is 1. The number of hydrogen-bond acceptors (Lipinski definition) is 1. The van der Waals surface area contributed by atoms with Crippen molar-refractivity contribution in [2.24, 2.45) is 0 Å². The fraction of sp³-hybridized carbons (Fsp3) is 0.214. The number of para-hydroxylation sites is 1. The minimum Gasteiger partial charge on any atom is -1.00 e. The number of benzene rings is 1. The summed E-state index contributed by atoms with van der Waals surface area (Å²) in [5.74, 6) is 0. The fourth-order valence-corrected chi connectivity index (χ4v) is 5.42. The van der Waals surface area contributed by atoms with Crippen molar-refractivity contribution in [3.8, 4) is 9.44 Å². The van der Waals surface area contributed by atoms with E-state index in [0.717, 1.165) is 6.54 Å². The van der Waals surface area contributed by atoms with Crippen LogP contribution in [0.1, 0.15) is 11.4 Å². The second kappa shape index (κ2) is 5.86. The Morgan fingerprint density at radius 2 is 1.94 bits per heavy atom. The molecule has 0 saturated heterocycles. The Bertz CT molecular complexity index is 671. The number of rotatable bonds is 2. The third-order valence-electron chi connectivity index (χ3n) is 2.88. The number of aromatic nitrogens is 1. The normalized spacial score (nSPS) is 10.6. The van der Waals surface area contributed by atoms with Gasteiger partial charge in [-0.15, -0.1) is 0 Å². The molecule has 0 aliphatic carbocycles. The first-order chi connectivity index (χ1) is 8.29. The van der Waals surface area contributed by atoms with Gasteiger partial charge in [0.1, 0.15) is 0 Å². The van der Waals surface area contributed by atoms with E-state index in [0.29, 0.717) is 14.5 Å². The van der Waals surface area contributed by atoms with E-state index in [1.54, 1.807) is 0 Å². The predicted molar refractivity (Wildman–Crippen MR) is 74.8 cm³/mol. The molecule has 4 heteroatoms. The zero-order valence-corrected chi connectivity index (χ0v) is 15.0. The van der Waals surface area contributed by atoms with Crippen molar-refractivity contribution in [1.82, 2.24) is 0 Å². The molecule has 0 aliphatic heterocycles. The molecule has 0 N–H and O–H groups in total. The quantitative estimate of drug-likeness (QED) is 0.310. The molecule has 0 fully saturated rings. The average molecular weight is 434 g/mol. The van der Waals surface area contributed by atoms with Crippen molar-refractivity contribution in [2.45, 2.75) is 20.4 Å². The summed E-state index contributed by atoms with van der Waals surface area (Å²) in [6.07, 6.45) is 0. The Morgan fingerprint density at radius 1 is 1.17 bits per heavy atom. The van der Waals surface area contributed by atoms with E-state index in [-0.39, 0.29) is 24.0 Å². The maximum atomic E-state index is 2.44. The SMILES string of the molecule is CC[n+]1c(-c2ccc(C)[se]2)sc2ccccc21.[I-].